The molecular weight excluding hydrogens is 565 g/mol. The molecule has 0 saturated heterocycles. The van der Waals surface area contributed by atoms with Gasteiger partial charge in [-0.05, 0) is 72.0 Å². The zero-order chi connectivity index (χ0) is 31.4. The molecule has 222 valence electrons. The molecule has 0 heteroatoms. The zero-order valence-electron chi connectivity index (χ0n) is 26.1. The minimum atomic E-state index is -0.0566. The van der Waals surface area contributed by atoms with Crippen LogP contribution in [0.4, 0.5) is 0 Å². The second-order valence-corrected chi connectivity index (χ2v) is 12.0. The molecule has 0 aliphatic rings. The molecule has 8 aromatic carbocycles. The van der Waals surface area contributed by atoms with Crippen molar-refractivity contribution in [3.05, 3.63) is 217 Å². The fourth-order valence-corrected chi connectivity index (χ4v) is 7.20. The Morgan fingerprint density at radius 2 is 0.617 bits per heavy atom. The van der Waals surface area contributed by atoms with Gasteiger partial charge in [0.1, 0.15) is 0 Å². The van der Waals surface area contributed by atoms with E-state index in [4.69, 9.17) is 0 Å². The van der Waals surface area contributed by atoms with E-state index in [2.05, 4.69) is 200 Å². The van der Waals surface area contributed by atoms with Gasteiger partial charge in [0.25, 0.3) is 0 Å². The highest BCUT2D eigenvalue weighted by Gasteiger charge is 2.28. The number of rotatable bonds is 7. The van der Waals surface area contributed by atoms with Crippen LogP contribution in [-0.4, -0.2) is 0 Å². The Labute approximate surface area is 277 Å². The van der Waals surface area contributed by atoms with E-state index in [0.717, 1.165) is 0 Å². The summed E-state index contributed by atoms with van der Waals surface area (Å²) >= 11 is 0. The summed E-state index contributed by atoms with van der Waals surface area (Å²) in [6.07, 6.45) is 0. The van der Waals surface area contributed by atoms with Gasteiger partial charge in [0.05, 0.1) is 0 Å². The zero-order valence-corrected chi connectivity index (χ0v) is 26.1. The number of benzene rings is 8. The normalized spacial score (nSPS) is 11.2. The van der Waals surface area contributed by atoms with Crippen LogP contribution in [0.3, 0.4) is 0 Å². The van der Waals surface area contributed by atoms with E-state index in [0.29, 0.717) is 0 Å². The molecule has 0 nitrogen and oxygen atoms in total. The van der Waals surface area contributed by atoms with Crippen LogP contribution in [0.1, 0.15) is 22.6 Å². The summed E-state index contributed by atoms with van der Waals surface area (Å²) in [6.45, 7) is 0. The van der Waals surface area contributed by atoms with Gasteiger partial charge >= 0.3 is 0 Å². The minimum Gasteiger partial charge on any atom is -0.0622 e. The fourth-order valence-electron chi connectivity index (χ4n) is 7.20. The lowest BCUT2D eigenvalue weighted by atomic mass is 9.74. The lowest BCUT2D eigenvalue weighted by molar-refractivity contribution is 0.995. The molecule has 0 unspecified atom stereocenters. The van der Waals surface area contributed by atoms with Gasteiger partial charge in [-0.25, -0.2) is 0 Å². The van der Waals surface area contributed by atoms with Crippen molar-refractivity contribution >= 4 is 10.8 Å². The lowest BCUT2D eigenvalue weighted by Crippen LogP contribution is -2.09. The SMILES string of the molecule is c1ccc(-c2cccc(C(c3cccc(-c4ccccc4)c3-c3ccccc3)c3cccc4ccccc34)c2-c2ccccc2)cc1. The van der Waals surface area contributed by atoms with Crippen molar-refractivity contribution in [1.82, 2.24) is 0 Å². The summed E-state index contributed by atoms with van der Waals surface area (Å²) in [5.74, 6) is -0.0566. The molecule has 0 bridgehead atoms. The second-order valence-electron chi connectivity index (χ2n) is 12.0. The van der Waals surface area contributed by atoms with Gasteiger partial charge in [0, 0.05) is 5.92 Å². The Kier molecular flexibility index (Phi) is 7.75. The van der Waals surface area contributed by atoms with Gasteiger partial charge in [-0.2, -0.15) is 0 Å². The molecule has 0 atom stereocenters. The molecule has 0 heterocycles. The van der Waals surface area contributed by atoms with Crippen LogP contribution in [0, 0.1) is 0 Å². The molecule has 0 aromatic heterocycles. The van der Waals surface area contributed by atoms with Gasteiger partial charge in [-0.3, -0.25) is 0 Å². The maximum absolute atomic E-state index is 2.35. The Morgan fingerprint density at radius 1 is 0.255 bits per heavy atom. The van der Waals surface area contributed by atoms with Crippen molar-refractivity contribution in [2.75, 3.05) is 0 Å². The maximum Gasteiger partial charge on any atom is 0.0358 e. The molecule has 8 rings (SSSR count). The molecule has 0 N–H and O–H groups in total. The third kappa shape index (κ3) is 5.45. The van der Waals surface area contributed by atoms with Crippen molar-refractivity contribution in [2.24, 2.45) is 0 Å². The smallest absolute Gasteiger partial charge is 0.0358 e. The third-order valence-corrected chi connectivity index (χ3v) is 9.24. The van der Waals surface area contributed by atoms with Crippen LogP contribution in [0.15, 0.2) is 200 Å². The van der Waals surface area contributed by atoms with Gasteiger partial charge in [0.15, 0.2) is 0 Å². The molecule has 0 spiro atoms. The van der Waals surface area contributed by atoms with Gasteiger partial charge in [-0.1, -0.05) is 200 Å². The van der Waals surface area contributed by atoms with Crippen molar-refractivity contribution < 1.29 is 0 Å². The molecule has 0 aliphatic heterocycles. The highest BCUT2D eigenvalue weighted by Crippen LogP contribution is 2.48. The van der Waals surface area contributed by atoms with Crippen LogP contribution in [-0.2, 0) is 0 Å². The summed E-state index contributed by atoms with van der Waals surface area (Å²) in [6, 6.07) is 72.8. The number of fused-ring (bicyclic) bond motifs is 1. The van der Waals surface area contributed by atoms with E-state index in [1.807, 2.05) is 0 Å². The molecule has 0 fully saturated rings. The first-order valence-electron chi connectivity index (χ1n) is 16.3. The van der Waals surface area contributed by atoms with Crippen LogP contribution in [0.5, 0.6) is 0 Å². The molecule has 0 radical (unpaired) electrons. The molecule has 47 heavy (non-hydrogen) atoms. The van der Waals surface area contributed by atoms with E-state index in [1.165, 1.54) is 72.0 Å². The average molecular weight is 599 g/mol. The standard InChI is InChI=1S/C47H34/c1-5-18-35(19-6-1)40-29-16-32-43(45(40)37-23-9-3-10-24-37)47(42-31-15-27-34-22-13-14-28-39(34)42)44-33-17-30-41(36-20-7-2-8-21-36)46(44)38-25-11-4-12-26-38/h1-33,47H. The molecular formula is C47H34. The third-order valence-electron chi connectivity index (χ3n) is 9.24. The van der Waals surface area contributed by atoms with Crippen molar-refractivity contribution in [3.63, 3.8) is 0 Å². The van der Waals surface area contributed by atoms with E-state index < -0.39 is 0 Å². The summed E-state index contributed by atoms with van der Waals surface area (Å²) in [5, 5.41) is 2.52. The van der Waals surface area contributed by atoms with Crippen LogP contribution in [0.25, 0.3) is 55.3 Å². The molecule has 8 aromatic rings. The summed E-state index contributed by atoms with van der Waals surface area (Å²) in [7, 11) is 0. The first-order chi connectivity index (χ1) is 23.4. The van der Waals surface area contributed by atoms with Gasteiger partial charge in [-0.15, -0.1) is 0 Å². The first-order valence-corrected chi connectivity index (χ1v) is 16.3. The van der Waals surface area contributed by atoms with E-state index >= 15 is 0 Å². The monoisotopic (exact) mass is 598 g/mol. The van der Waals surface area contributed by atoms with Crippen LogP contribution < -0.4 is 0 Å². The van der Waals surface area contributed by atoms with Gasteiger partial charge in [0.2, 0.25) is 0 Å². The number of hydrogen-bond acceptors (Lipinski definition) is 0. The Hall–Kier alpha value is -5.98. The highest BCUT2D eigenvalue weighted by molar-refractivity contribution is 5.93. The second kappa shape index (κ2) is 12.8. The fraction of sp³-hybridized carbons (Fsp3) is 0.0213. The van der Waals surface area contributed by atoms with E-state index in [1.54, 1.807) is 0 Å². The Balaban J connectivity index is 1.52. The van der Waals surface area contributed by atoms with Crippen molar-refractivity contribution in [3.8, 4) is 44.5 Å². The minimum absolute atomic E-state index is 0.0566. The van der Waals surface area contributed by atoms with Gasteiger partial charge < -0.3 is 0 Å². The van der Waals surface area contributed by atoms with Crippen molar-refractivity contribution in [2.45, 2.75) is 5.92 Å². The Bertz CT molecular complexity index is 2140. The largest absolute Gasteiger partial charge is 0.0622 e. The van der Waals surface area contributed by atoms with E-state index in [9.17, 15) is 0 Å². The first kappa shape index (κ1) is 28.5. The topological polar surface area (TPSA) is 0 Å². The Morgan fingerprint density at radius 3 is 1.11 bits per heavy atom. The van der Waals surface area contributed by atoms with Crippen LogP contribution >= 0.6 is 0 Å². The maximum atomic E-state index is 2.35. The number of hydrogen-bond donors (Lipinski definition) is 0. The van der Waals surface area contributed by atoms with Crippen molar-refractivity contribution in [1.29, 1.82) is 0 Å². The van der Waals surface area contributed by atoms with Crippen LogP contribution in [0.2, 0.25) is 0 Å². The highest BCUT2D eigenvalue weighted by atomic mass is 14.3. The molecule has 0 saturated carbocycles. The molecule has 0 aliphatic carbocycles. The average Bonchev–Trinajstić information content (AvgIpc) is 3.16. The summed E-state index contributed by atoms with van der Waals surface area (Å²) in [5.41, 5.74) is 13.7. The predicted molar refractivity (Wildman–Crippen MR) is 200 cm³/mol. The lowest BCUT2D eigenvalue weighted by Gasteiger charge is -2.28. The van der Waals surface area contributed by atoms with E-state index in [-0.39, 0.29) is 5.92 Å². The molecule has 0 amide bonds. The quantitative estimate of drug-likeness (QED) is 0.160. The summed E-state index contributed by atoms with van der Waals surface area (Å²) < 4.78 is 0. The summed E-state index contributed by atoms with van der Waals surface area (Å²) in [4.78, 5) is 0. The predicted octanol–water partition coefficient (Wildman–Crippen LogP) is 12.7.